The maximum absolute atomic E-state index is 12.4. The van der Waals surface area contributed by atoms with E-state index in [4.69, 9.17) is 4.52 Å². The zero-order valence-electron chi connectivity index (χ0n) is 19.8. The highest BCUT2D eigenvalue weighted by atomic mass is 32.2. The fraction of sp³-hybridized carbons (Fsp3) is 0.348. The molecule has 0 aliphatic carbocycles. The van der Waals surface area contributed by atoms with Gasteiger partial charge in [0.1, 0.15) is 0 Å². The predicted molar refractivity (Wildman–Crippen MR) is 125 cm³/mol. The van der Waals surface area contributed by atoms with Crippen LogP contribution in [0.3, 0.4) is 0 Å². The number of hydrogen-bond donors (Lipinski definition) is 1. The number of aromatic nitrogens is 2. The van der Waals surface area contributed by atoms with Crippen molar-refractivity contribution in [3.8, 4) is 5.88 Å². The van der Waals surface area contributed by atoms with E-state index in [9.17, 15) is 26.4 Å². The van der Waals surface area contributed by atoms with E-state index in [0.29, 0.717) is 25.2 Å². The molecular weight excluding hydrogens is 517 g/mol. The minimum absolute atomic E-state index is 0.0867. The molecule has 0 saturated heterocycles. The van der Waals surface area contributed by atoms with E-state index in [2.05, 4.69) is 24.5 Å². The maximum Gasteiger partial charge on any atom is 0.422 e. The highest BCUT2D eigenvalue weighted by molar-refractivity contribution is 7.74. The highest BCUT2D eigenvalue weighted by Gasteiger charge is 2.29. The molecule has 0 amide bonds. The Kier molecular flexibility index (Phi) is 7.68. The van der Waals surface area contributed by atoms with Crippen LogP contribution in [0.15, 0.2) is 47.1 Å². The van der Waals surface area contributed by atoms with Crippen molar-refractivity contribution in [3.05, 3.63) is 65.0 Å². The third-order valence-corrected chi connectivity index (χ3v) is 6.68. The van der Waals surface area contributed by atoms with E-state index in [1.165, 1.54) is 25.4 Å². The van der Waals surface area contributed by atoms with Crippen molar-refractivity contribution in [2.75, 3.05) is 24.6 Å². The third kappa shape index (κ3) is 6.20. The molecule has 0 bridgehead atoms. The van der Waals surface area contributed by atoms with Crippen LogP contribution in [0.1, 0.15) is 40.2 Å². The summed E-state index contributed by atoms with van der Waals surface area (Å²) in [6.45, 7) is 1.74. The lowest BCUT2D eigenvalue weighted by atomic mass is 9.96. The molecule has 0 radical (unpaired) electrons. The number of nitrogens with zero attached hydrogens (tertiary/aromatic N) is 4. The van der Waals surface area contributed by atoms with Crippen LogP contribution in [0.5, 0.6) is 5.88 Å². The Labute approximate surface area is 211 Å². The number of methoxy groups -OCH3 is 1. The standard InChI is InChI=1S/C23H23F3N4O6S/c1-14(16-4-6-21(27-11-16)35-13-23(24,25)26)29-8-7-15-3-5-18(9-17(15)12-29)30(37(32)33)20-10-19(36-28-20)22(31)34-2/h3-6,9-11,14,37H,7-8,12-13H2,1-2H3. The summed E-state index contributed by atoms with van der Waals surface area (Å²) in [5.74, 6) is -1.22. The quantitative estimate of drug-likeness (QED) is 0.338. The molecule has 1 atom stereocenters. The zero-order valence-corrected chi connectivity index (χ0v) is 20.7. The van der Waals surface area contributed by atoms with Crippen LogP contribution in [0.4, 0.5) is 24.7 Å². The predicted octanol–water partition coefficient (Wildman–Crippen LogP) is 3.58. The lowest BCUT2D eigenvalue weighted by molar-refractivity contribution is -0.154. The molecule has 0 spiro atoms. The van der Waals surface area contributed by atoms with Crippen LogP contribution < -0.4 is 9.04 Å². The first-order valence-corrected chi connectivity index (χ1v) is 12.2. The molecule has 0 fully saturated rings. The average molecular weight is 541 g/mol. The molecule has 37 heavy (non-hydrogen) atoms. The number of anilines is 2. The van der Waals surface area contributed by atoms with Crippen LogP contribution in [0.2, 0.25) is 0 Å². The molecule has 4 rings (SSSR count). The monoisotopic (exact) mass is 540 g/mol. The van der Waals surface area contributed by atoms with Gasteiger partial charge in [0.15, 0.2) is 12.4 Å². The molecule has 198 valence electrons. The SMILES string of the molecule is COC(=O)c1cc(N(c2ccc3c(c2)CN(C(C)c2ccc(OCC(F)(F)F)nc2)CC3)[SH](=O)=O)no1. The Balaban J connectivity index is 1.51. The van der Waals surface area contributed by atoms with Gasteiger partial charge in [-0.25, -0.2) is 22.5 Å². The maximum atomic E-state index is 12.4. The molecule has 1 aromatic carbocycles. The van der Waals surface area contributed by atoms with Gasteiger partial charge in [0.25, 0.3) is 0 Å². The summed E-state index contributed by atoms with van der Waals surface area (Å²) in [5.41, 5.74) is 3.06. The van der Waals surface area contributed by atoms with Gasteiger partial charge in [-0.2, -0.15) is 13.2 Å². The number of halogens is 3. The average Bonchev–Trinajstić information content (AvgIpc) is 3.35. The highest BCUT2D eigenvalue weighted by Crippen LogP contribution is 2.33. The van der Waals surface area contributed by atoms with Gasteiger partial charge in [-0.15, -0.1) is 0 Å². The zero-order chi connectivity index (χ0) is 26.7. The summed E-state index contributed by atoms with van der Waals surface area (Å²) in [7, 11) is -1.99. The first kappa shape index (κ1) is 26.4. The Bertz CT molecular complexity index is 1330. The van der Waals surface area contributed by atoms with Crippen molar-refractivity contribution in [2.24, 2.45) is 0 Å². The number of esters is 1. The number of fused-ring (bicyclic) bond motifs is 1. The first-order valence-electron chi connectivity index (χ1n) is 11.1. The lowest BCUT2D eigenvalue weighted by Crippen LogP contribution is -2.33. The van der Waals surface area contributed by atoms with Gasteiger partial charge in [0, 0.05) is 37.5 Å². The van der Waals surface area contributed by atoms with Crippen LogP contribution in [-0.4, -0.2) is 55.9 Å². The van der Waals surface area contributed by atoms with Crippen LogP contribution >= 0.6 is 0 Å². The molecule has 1 unspecified atom stereocenters. The van der Waals surface area contributed by atoms with Gasteiger partial charge in [-0.05, 0) is 42.2 Å². The van der Waals surface area contributed by atoms with Gasteiger partial charge in [-0.3, -0.25) is 4.90 Å². The molecule has 0 N–H and O–H groups in total. The van der Waals surface area contributed by atoms with Gasteiger partial charge in [0.05, 0.1) is 12.8 Å². The summed E-state index contributed by atoms with van der Waals surface area (Å²) in [6, 6.07) is 9.36. The van der Waals surface area contributed by atoms with Crippen molar-refractivity contribution in [1.82, 2.24) is 15.0 Å². The van der Waals surface area contributed by atoms with Gasteiger partial charge in [0.2, 0.25) is 22.5 Å². The summed E-state index contributed by atoms with van der Waals surface area (Å²) < 4.78 is 76.3. The smallest absolute Gasteiger partial charge is 0.422 e. The Morgan fingerprint density at radius 3 is 2.65 bits per heavy atom. The second-order valence-electron chi connectivity index (χ2n) is 8.27. The third-order valence-electron chi connectivity index (χ3n) is 5.91. The fourth-order valence-electron chi connectivity index (χ4n) is 3.99. The minimum Gasteiger partial charge on any atom is -0.468 e. The molecule has 3 heterocycles. The molecule has 1 aliphatic heterocycles. The largest absolute Gasteiger partial charge is 0.468 e. The summed E-state index contributed by atoms with van der Waals surface area (Å²) in [6.07, 6.45) is -2.25. The van der Waals surface area contributed by atoms with Gasteiger partial charge in [-0.1, -0.05) is 17.3 Å². The molecule has 14 heteroatoms. The minimum atomic E-state index is -4.44. The van der Waals surface area contributed by atoms with Crippen LogP contribution in [0, 0.1) is 0 Å². The Hall–Kier alpha value is -3.65. The van der Waals surface area contributed by atoms with Crippen molar-refractivity contribution < 1.29 is 40.4 Å². The van der Waals surface area contributed by atoms with Crippen LogP contribution in [0.25, 0.3) is 0 Å². The normalized spacial score (nSPS) is 14.8. The second kappa shape index (κ2) is 10.8. The molecule has 3 aromatic rings. The van der Waals surface area contributed by atoms with E-state index < -0.39 is 29.6 Å². The van der Waals surface area contributed by atoms with E-state index >= 15 is 0 Å². The number of ether oxygens (including phenoxy) is 2. The number of pyridine rings is 1. The second-order valence-corrected chi connectivity index (χ2v) is 9.15. The van der Waals surface area contributed by atoms with Crippen molar-refractivity contribution in [2.45, 2.75) is 32.1 Å². The van der Waals surface area contributed by atoms with E-state index in [-0.39, 0.29) is 23.5 Å². The number of carbonyl (C=O) groups is 1. The van der Waals surface area contributed by atoms with E-state index in [1.54, 1.807) is 18.2 Å². The van der Waals surface area contributed by atoms with Crippen LogP contribution in [-0.2, 0) is 28.6 Å². The van der Waals surface area contributed by atoms with E-state index in [1.807, 2.05) is 13.0 Å². The topological polar surface area (TPSA) is 115 Å². The lowest BCUT2D eigenvalue weighted by Gasteiger charge is -2.34. The summed E-state index contributed by atoms with van der Waals surface area (Å²) in [4.78, 5) is 17.8. The molecular formula is C23H23F3N4O6S. The molecule has 2 aromatic heterocycles. The number of benzene rings is 1. The van der Waals surface area contributed by atoms with Crippen molar-refractivity contribution in [1.29, 1.82) is 0 Å². The number of alkyl halides is 3. The van der Waals surface area contributed by atoms with Gasteiger partial charge >= 0.3 is 12.1 Å². The van der Waals surface area contributed by atoms with Gasteiger partial charge < -0.3 is 14.0 Å². The fourth-order valence-corrected chi connectivity index (χ4v) is 4.57. The van der Waals surface area contributed by atoms with E-state index in [0.717, 1.165) is 21.0 Å². The number of hydrogen-bond acceptors (Lipinski definition) is 9. The molecule has 1 aliphatic rings. The summed E-state index contributed by atoms with van der Waals surface area (Å²) >= 11 is 0. The number of carbonyl (C=O) groups excluding carboxylic acids is 1. The molecule has 10 nitrogen and oxygen atoms in total. The Morgan fingerprint density at radius 2 is 2.00 bits per heavy atom. The molecule has 0 saturated carbocycles. The number of thiol groups is 1. The summed E-state index contributed by atoms with van der Waals surface area (Å²) in [5, 5.41) is 3.69. The van der Waals surface area contributed by atoms with Crippen molar-refractivity contribution in [3.63, 3.8) is 0 Å². The Morgan fingerprint density at radius 1 is 1.22 bits per heavy atom. The van der Waals surface area contributed by atoms with Crippen molar-refractivity contribution >= 4 is 28.4 Å². The first-order chi connectivity index (χ1) is 17.6. The number of rotatable bonds is 8.